The van der Waals surface area contributed by atoms with Crippen LogP contribution in [0.2, 0.25) is 0 Å². The van der Waals surface area contributed by atoms with E-state index in [2.05, 4.69) is 44.0 Å². The second-order valence-electron chi connectivity index (χ2n) is 5.48. The van der Waals surface area contributed by atoms with Gasteiger partial charge in [0.2, 0.25) is 5.91 Å². The second kappa shape index (κ2) is 11.7. The molecular weight excluding hydrogens is 248 g/mol. The second-order valence-corrected chi connectivity index (χ2v) is 5.48. The lowest BCUT2D eigenvalue weighted by atomic mass is 10.1. The Morgan fingerprint density at radius 3 is 2.35 bits per heavy atom. The van der Waals surface area contributed by atoms with Gasteiger partial charge in [0, 0.05) is 12.6 Å². The summed E-state index contributed by atoms with van der Waals surface area (Å²) in [5.41, 5.74) is 2.47. The molecule has 0 fully saturated rings. The van der Waals surface area contributed by atoms with Crippen LogP contribution in [0.3, 0.4) is 0 Å². The fourth-order valence-electron chi connectivity index (χ4n) is 1.99. The lowest BCUT2D eigenvalue weighted by molar-refractivity contribution is -0.116. The topological polar surface area (TPSA) is 32.3 Å². The van der Waals surface area contributed by atoms with E-state index in [-0.39, 0.29) is 5.91 Å². The van der Waals surface area contributed by atoms with E-state index in [1.807, 2.05) is 6.92 Å². The Hall–Kier alpha value is -1.09. The van der Waals surface area contributed by atoms with E-state index in [1.165, 1.54) is 5.57 Å². The van der Waals surface area contributed by atoms with Crippen LogP contribution in [0.5, 0.6) is 0 Å². The number of amides is 1. The lowest BCUT2D eigenvalue weighted by Crippen LogP contribution is -2.29. The first kappa shape index (κ1) is 18.9. The van der Waals surface area contributed by atoms with Crippen LogP contribution in [0.1, 0.15) is 53.9 Å². The highest BCUT2D eigenvalue weighted by molar-refractivity contribution is 5.88. The summed E-state index contributed by atoms with van der Waals surface area (Å²) >= 11 is 0. The minimum Gasteiger partial charge on any atom is -0.353 e. The van der Waals surface area contributed by atoms with Crippen LogP contribution >= 0.6 is 0 Å². The standard InChI is InChI=1S/C17H32N2O/c1-6-19(7-2)13-9-12-18-17(20)14-16(5)11-8-10-15(3)4/h10,14H,6-9,11-13H2,1-5H3,(H,18,20)/b16-14+. The molecule has 3 nitrogen and oxygen atoms in total. The maximum atomic E-state index is 11.7. The van der Waals surface area contributed by atoms with Gasteiger partial charge in [0.1, 0.15) is 0 Å². The Morgan fingerprint density at radius 2 is 1.80 bits per heavy atom. The fraction of sp³-hybridized carbons (Fsp3) is 0.706. The van der Waals surface area contributed by atoms with Crippen molar-refractivity contribution in [3.05, 3.63) is 23.3 Å². The number of hydrogen-bond acceptors (Lipinski definition) is 2. The molecule has 0 unspecified atom stereocenters. The third-order valence-electron chi connectivity index (χ3n) is 3.31. The molecule has 1 amide bonds. The summed E-state index contributed by atoms with van der Waals surface area (Å²) in [6.45, 7) is 14.5. The summed E-state index contributed by atoms with van der Waals surface area (Å²) in [6.07, 6.45) is 6.92. The van der Waals surface area contributed by atoms with E-state index >= 15 is 0 Å². The quantitative estimate of drug-likeness (QED) is 0.377. The molecule has 0 aliphatic heterocycles. The zero-order valence-corrected chi connectivity index (χ0v) is 14.0. The molecule has 3 heteroatoms. The van der Waals surface area contributed by atoms with Crippen molar-refractivity contribution in [1.82, 2.24) is 10.2 Å². The maximum Gasteiger partial charge on any atom is 0.243 e. The normalized spacial score (nSPS) is 11.6. The molecule has 0 radical (unpaired) electrons. The molecule has 0 aliphatic rings. The highest BCUT2D eigenvalue weighted by atomic mass is 16.1. The monoisotopic (exact) mass is 280 g/mol. The summed E-state index contributed by atoms with van der Waals surface area (Å²) < 4.78 is 0. The van der Waals surface area contributed by atoms with Crippen molar-refractivity contribution >= 4 is 5.91 Å². The van der Waals surface area contributed by atoms with Crippen molar-refractivity contribution in [2.45, 2.75) is 53.9 Å². The molecule has 0 heterocycles. The molecule has 0 bridgehead atoms. The first-order chi connectivity index (χ1) is 9.49. The first-order valence-electron chi connectivity index (χ1n) is 7.80. The van der Waals surface area contributed by atoms with E-state index in [9.17, 15) is 4.79 Å². The minimum absolute atomic E-state index is 0.0410. The summed E-state index contributed by atoms with van der Waals surface area (Å²) in [5, 5.41) is 2.96. The maximum absolute atomic E-state index is 11.7. The molecule has 0 aromatic carbocycles. The number of carbonyl (C=O) groups excluding carboxylic acids is 1. The number of carbonyl (C=O) groups is 1. The van der Waals surface area contributed by atoms with Crippen molar-refractivity contribution in [2.24, 2.45) is 0 Å². The SMILES string of the molecule is CCN(CC)CCCNC(=O)/C=C(\C)CCC=C(C)C. The molecule has 0 saturated heterocycles. The molecule has 0 saturated carbocycles. The third kappa shape index (κ3) is 10.8. The van der Waals surface area contributed by atoms with Crippen LogP contribution in [0.15, 0.2) is 23.3 Å². The van der Waals surface area contributed by atoms with Gasteiger partial charge in [0.15, 0.2) is 0 Å². The number of allylic oxidation sites excluding steroid dienone is 3. The molecule has 116 valence electrons. The first-order valence-corrected chi connectivity index (χ1v) is 7.80. The van der Waals surface area contributed by atoms with Gasteiger partial charge >= 0.3 is 0 Å². The Morgan fingerprint density at radius 1 is 1.15 bits per heavy atom. The highest BCUT2D eigenvalue weighted by Crippen LogP contribution is 2.06. The molecule has 0 spiro atoms. The minimum atomic E-state index is 0.0410. The van der Waals surface area contributed by atoms with E-state index in [4.69, 9.17) is 0 Å². The number of rotatable bonds is 10. The van der Waals surface area contributed by atoms with Crippen LogP contribution < -0.4 is 5.32 Å². The average Bonchev–Trinajstić information content (AvgIpc) is 2.38. The number of nitrogens with one attached hydrogen (secondary N) is 1. The van der Waals surface area contributed by atoms with E-state index < -0.39 is 0 Å². The van der Waals surface area contributed by atoms with E-state index in [1.54, 1.807) is 6.08 Å². The Balaban J connectivity index is 3.83. The Bertz CT molecular complexity index is 324. The van der Waals surface area contributed by atoms with Crippen LogP contribution in [-0.2, 0) is 4.79 Å². The molecule has 0 aliphatic carbocycles. The third-order valence-corrected chi connectivity index (χ3v) is 3.31. The van der Waals surface area contributed by atoms with Crippen molar-refractivity contribution in [2.75, 3.05) is 26.2 Å². The van der Waals surface area contributed by atoms with Gasteiger partial charge in [-0.05, 0) is 59.7 Å². The molecule has 1 N–H and O–H groups in total. The lowest BCUT2D eigenvalue weighted by Gasteiger charge is -2.17. The van der Waals surface area contributed by atoms with Gasteiger partial charge < -0.3 is 10.2 Å². The number of hydrogen-bond donors (Lipinski definition) is 1. The fourth-order valence-corrected chi connectivity index (χ4v) is 1.99. The smallest absolute Gasteiger partial charge is 0.243 e. The van der Waals surface area contributed by atoms with Gasteiger partial charge in [-0.25, -0.2) is 0 Å². The molecular formula is C17H32N2O. The average molecular weight is 280 g/mol. The zero-order valence-electron chi connectivity index (χ0n) is 14.0. The van der Waals surface area contributed by atoms with Crippen molar-refractivity contribution in [3.8, 4) is 0 Å². The van der Waals surface area contributed by atoms with Gasteiger partial charge in [0.05, 0.1) is 0 Å². The predicted molar refractivity (Wildman–Crippen MR) is 87.8 cm³/mol. The van der Waals surface area contributed by atoms with Crippen molar-refractivity contribution in [1.29, 1.82) is 0 Å². The predicted octanol–water partition coefficient (Wildman–Crippen LogP) is 3.53. The van der Waals surface area contributed by atoms with Crippen molar-refractivity contribution in [3.63, 3.8) is 0 Å². The van der Waals surface area contributed by atoms with Gasteiger partial charge in [-0.2, -0.15) is 0 Å². The number of nitrogens with zero attached hydrogens (tertiary/aromatic N) is 1. The van der Waals surface area contributed by atoms with Crippen LogP contribution in [0.4, 0.5) is 0 Å². The highest BCUT2D eigenvalue weighted by Gasteiger charge is 2.00. The summed E-state index contributed by atoms with van der Waals surface area (Å²) in [4.78, 5) is 14.1. The van der Waals surface area contributed by atoms with Crippen molar-refractivity contribution < 1.29 is 4.79 Å². The largest absolute Gasteiger partial charge is 0.353 e. The summed E-state index contributed by atoms with van der Waals surface area (Å²) in [6, 6.07) is 0. The molecule has 0 atom stereocenters. The van der Waals surface area contributed by atoms with Crippen LogP contribution in [0, 0.1) is 0 Å². The summed E-state index contributed by atoms with van der Waals surface area (Å²) in [5.74, 6) is 0.0410. The summed E-state index contributed by atoms with van der Waals surface area (Å²) in [7, 11) is 0. The van der Waals surface area contributed by atoms with Gasteiger partial charge in [0.25, 0.3) is 0 Å². The van der Waals surface area contributed by atoms with Gasteiger partial charge in [-0.3, -0.25) is 4.79 Å². The molecule has 0 aromatic rings. The van der Waals surface area contributed by atoms with E-state index in [0.717, 1.165) is 51.0 Å². The molecule has 0 rings (SSSR count). The Kier molecular flexibility index (Phi) is 11.1. The molecule has 20 heavy (non-hydrogen) atoms. The zero-order chi connectivity index (χ0) is 15.4. The van der Waals surface area contributed by atoms with Gasteiger partial charge in [-0.1, -0.05) is 31.1 Å². The van der Waals surface area contributed by atoms with Gasteiger partial charge in [-0.15, -0.1) is 0 Å². The molecule has 0 aromatic heterocycles. The Labute approximate surface area is 125 Å². The van der Waals surface area contributed by atoms with E-state index in [0.29, 0.717) is 0 Å². The van der Waals surface area contributed by atoms with Crippen LogP contribution in [-0.4, -0.2) is 37.0 Å². The van der Waals surface area contributed by atoms with Crippen LogP contribution in [0.25, 0.3) is 0 Å².